The first-order valence-electron chi connectivity index (χ1n) is 8.99. The summed E-state index contributed by atoms with van der Waals surface area (Å²) < 4.78 is 2.69. The molecule has 0 aliphatic rings. The Hall–Kier alpha value is -1.85. The van der Waals surface area contributed by atoms with Crippen LogP contribution >= 0.6 is 24.0 Å². The Labute approximate surface area is 164 Å². The van der Waals surface area contributed by atoms with Crippen LogP contribution in [-0.2, 0) is 11.5 Å². The number of H-pyrrole nitrogens is 1. The van der Waals surface area contributed by atoms with Gasteiger partial charge in [-0.1, -0.05) is 50.2 Å². The van der Waals surface area contributed by atoms with Crippen LogP contribution in [0, 0.1) is 11.7 Å². The van der Waals surface area contributed by atoms with Gasteiger partial charge in [0.25, 0.3) is 0 Å². The van der Waals surface area contributed by atoms with Crippen molar-refractivity contribution in [3.63, 3.8) is 0 Å². The molecule has 0 unspecified atom stereocenters. The van der Waals surface area contributed by atoms with Crippen LogP contribution in [0.3, 0.4) is 0 Å². The van der Waals surface area contributed by atoms with E-state index in [9.17, 15) is 0 Å². The molecule has 0 saturated heterocycles. The zero-order valence-electron chi connectivity index (χ0n) is 15.5. The SMILES string of the molecule is CC[C@@H](C)c1ccc(-n2c(CSCc3ccccc3C)n[nH]c2=S)cc1. The van der Waals surface area contributed by atoms with Crippen LogP contribution in [0.5, 0.6) is 0 Å². The van der Waals surface area contributed by atoms with Crippen molar-refractivity contribution in [3.05, 3.63) is 75.8 Å². The van der Waals surface area contributed by atoms with Crippen molar-refractivity contribution in [2.45, 2.75) is 44.6 Å². The van der Waals surface area contributed by atoms with Gasteiger partial charge in [-0.25, -0.2) is 0 Å². The van der Waals surface area contributed by atoms with Crippen LogP contribution in [0.2, 0.25) is 0 Å². The van der Waals surface area contributed by atoms with Gasteiger partial charge in [-0.05, 0) is 60.3 Å². The van der Waals surface area contributed by atoms with Crippen LogP contribution < -0.4 is 0 Å². The predicted octanol–water partition coefficient (Wildman–Crippen LogP) is 6.19. The van der Waals surface area contributed by atoms with Crippen molar-refractivity contribution in [1.29, 1.82) is 0 Å². The largest absolute Gasteiger partial charge is 0.271 e. The highest BCUT2D eigenvalue weighted by atomic mass is 32.2. The zero-order valence-corrected chi connectivity index (χ0v) is 17.2. The molecule has 0 aliphatic heterocycles. The van der Waals surface area contributed by atoms with Crippen molar-refractivity contribution in [1.82, 2.24) is 14.8 Å². The lowest BCUT2D eigenvalue weighted by Crippen LogP contribution is -2.01. The first-order valence-corrected chi connectivity index (χ1v) is 10.5. The molecular weight excluding hydrogens is 358 g/mol. The highest BCUT2D eigenvalue weighted by Gasteiger charge is 2.10. The fourth-order valence-corrected chi connectivity index (χ4v) is 4.18. The van der Waals surface area contributed by atoms with E-state index in [0.29, 0.717) is 10.7 Å². The van der Waals surface area contributed by atoms with Crippen molar-refractivity contribution >= 4 is 24.0 Å². The number of thioether (sulfide) groups is 1. The number of hydrogen-bond donors (Lipinski definition) is 1. The summed E-state index contributed by atoms with van der Waals surface area (Å²) in [6.07, 6.45) is 1.14. The van der Waals surface area contributed by atoms with E-state index < -0.39 is 0 Å². The van der Waals surface area contributed by atoms with Gasteiger partial charge in [-0.2, -0.15) is 5.10 Å². The second-order valence-electron chi connectivity index (χ2n) is 6.60. The van der Waals surface area contributed by atoms with Crippen molar-refractivity contribution in [2.24, 2.45) is 0 Å². The third-order valence-electron chi connectivity index (χ3n) is 4.82. The molecule has 3 aromatic rings. The molecule has 1 atom stereocenters. The van der Waals surface area contributed by atoms with E-state index in [1.807, 2.05) is 16.3 Å². The van der Waals surface area contributed by atoms with Crippen LogP contribution in [0.15, 0.2) is 48.5 Å². The summed E-state index contributed by atoms with van der Waals surface area (Å²) in [4.78, 5) is 0. The quantitative estimate of drug-likeness (QED) is 0.494. The fourth-order valence-electron chi connectivity index (χ4n) is 2.90. The average Bonchev–Trinajstić information content (AvgIpc) is 3.03. The van der Waals surface area contributed by atoms with E-state index in [2.05, 4.69) is 79.5 Å². The molecule has 26 heavy (non-hydrogen) atoms. The molecule has 0 fully saturated rings. The Balaban J connectivity index is 1.75. The minimum atomic E-state index is 0.575. The number of aromatic amines is 1. The molecule has 0 bridgehead atoms. The number of hydrogen-bond acceptors (Lipinski definition) is 3. The van der Waals surface area contributed by atoms with Gasteiger partial charge in [0, 0.05) is 11.4 Å². The fraction of sp³-hybridized carbons (Fsp3) is 0.333. The second-order valence-corrected chi connectivity index (χ2v) is 7.97. The lowest BCUT2D eigenvalue weighted by atomic mass is 9.99. The van der Waals surface area contributed by atoms with E-state index in [-0.39, 0.29) is 0 Å². The Morgan fingerprint density at radius 1 is 1.12 bits per heavy atom. The summed E-state index contributed by atoms with van der Waals surface area (Å²) >= 11 is 7.32. The molecule has 5 heteroatoms. The Morgan fingerprint density at radius 3 is 2.54 bits per heavy atom. The van der Waals surface area contributed by atoms with Gasteiger partial charge in [-0.3, -0.25) is 9.67 Å². The molecule has 0 radical (unpaired) electrons. The second kappa shape index (κ2) is 8.69. The lowest BCUT2D eigenvalue weighted by Gasteiger charge is -2.11. The zero-order chi connectivity index (χ0) is 18.5. The highest BCUT2D eigenvalue weighted by molar-refractivity contribution is 7.97. The standard InChI is InChI=1S/C21H25N3S2/c1-4-15(2)17-9-11-19(12-10-17)24-20(22-23-21(24)25)14-26-13-18-8-6-5-7-16(18)3/h5-12,15H,4,13-14H2,1-3H3,(H,23,25)/t15-/m1/s1. The molecule has 1 heterocycles. The predicted molar refractivity (Wildman–Crippen MR) is 114 cm³/mol. The number of rotatable bonds is 7. The van der Waals surface area contributed by atoms with Gasteiger partial charge in [0.1, 0.15) is 5.82 Å². The number of aromatic nitrogens is 3. The topological polar surface area (TPSA) is 33.6 Å². The third kappa shape index (κ3) is 4.27. The number of benzene rings is 2. The molecule has 3 nitrogen and oxygen atoms in total. The van der Waals surface area contributed by atoms with Crippen molar-refractivity contribution < 1.29 is 0 Å². The average molecular weight is 384 g/mol. The summed E-state index contributed by atoms with van der Waals surface area (Å²) in [5.74, 6) is 3.32. The minimum absolute atomic E-state index is 0.575. The van der Waals surface area contributed by atoms with E-state index in [1.54, 1.807) is 0 Å². The van der Waals surface area contributed by atoms with Crippen LogP contribution in [0.1, 0.15) is 48.7 Å². The first kappa shape index (κ1) is 18.9. The maximum Gasteiger partial charge on any atom is 0.199 e. The molecule has 2 aromatic carbocycles. The van der Waals surface area contributed by atoms with E-state index in [0.717, 1.165) is 29.4 Å². The molecule has 136 valence electrons. The highest BCUT2D eigenvalue weighted by Crippen LogP contribution is 2.23. The lowest BCUT2D eigenvalue weighted by molar-refractivity contribution is 0.733. The Bertz CT molecular complexity index is 910. The van der Waals surface area contributed by atoms with Gasteiger partial charge in [-0.15, -0.1) is 11.8 Å². The number of nitrogens with one attached hydrogen (secondary N) is 1. The first-order chi connectivity index (χ1) is 12.6. The molecule has 0 aliphatic carbocycles. The van der Waals surface area contributed by atoms with Crippen LogP contribution in [0.4, 0.5) is 0 Å². The minimum Gasteiger partial charge on any atom is -0.271 e. The molecule has 3 rings (SSSR count). The molecule has 1 N–H and O–H groups in total. The van der Waals surface area contributed by atoms with Gasteiger partial charge in [0.15, 0.2) is 4.77 Å². The van der Waals surface area contributed by atoms with E-state index >= 15 is 0 Å². The summed E-state index contributed by atoms with van der Waals surface area (Å²) in [6, 6.07) is 17.2. The number of aryl methyl sites for hydroxylation is 1. The molecule has 0 spiro atoms. The van der Waals surface area contributed by atoms with Gasteiger partial charge in [0.2, 0.25) is 0 Å². The monoisotopic (exact) mass is 383 g/mol. The molecular formula is C21H25N3S2. The maximum atomic E-state index is 5.46. The Morgan fingerprint density at radius 2 is 1.85 bits per heavy atom. The summed E-state index contributed by atoms with van der Waals surface area (Å²) in [7, 11) is 0. The van der Waals surface area contributed by atoms with Crippen LogP contribution in [-0.4, -0.2) is 14.8 Å². The van der Waals surface area contributed by atoms with Gasteiger partial charge >= 0.3 is 0 Å². The van der Waals surface area contributed by atoms with E-state index in [1.165, 1.54) is 16.7 Å². The summed E-state index contributed by atoms with van der Waals surface area (Å²) in [5.41, 5.74) is 5.14. The summed E-state index contributed by atoms with van der Waals surface area (Å²) in [6.45, 7) is 6.63. The molecule has 0 saturated carbocycles. The molecule has 1 aromatic heterocycles. The Kier molecular flexibility index (Phi) is 6.33. The summed E-state index contributed by atoms with van der Waals surface area (Å²) in [5, 5.41) is 7.39. The van der Waals surface area contributed by atoms with Gasteiger partial charge < -0.3 is 0 Å². The maximum absolute atomic E-state index is 5.46. The van der Waals surface area contributed by atoms with Crippen molar-refractivity contribution in [3.8, 4) is 5.69 Å². The van der Waals surface area contributed by atoms with Gasteiger partial charge in [0.05, 0.1) is 5.75 Å². The van der Waals surface area contributed by atoms with Crippen molar-refractivity contribution in [2.75, 3.05) is 0 Å². The smallest absolute Gasteiger partial charge is 0.199 e. The molecule has 0 amide bonds. The van der Waals surface area contributed by atoms with E-state index in [4.69, 9.17) is 12.2 Å². The number of nitrogens with zero attached hydrogens (tertiary/aromatic N) is 2. The van der Waals surface area contributed by atoms with Crippen LogP contribution in [0.25, 0.3) is 5.69 Å². The third-order valence-corrected chi connectivity index (χ3v) is 6.08. The normalized spacial score (nSPS) is 12.3.